The largest absolute Gasteiger partial charge is 0.493 e. The van der Waals surface area contributed by atoms with E-state index in [1.807, 2.05) is 13.8 Å². The van der Waals surface area contributed by atoms with E-state index in [1.165, 1.54) is 27.2 Å². The number of methoxy groups -OCH3 is 2. The summed E-state index contributed by atoms with van der Waals surface area (Å²) in [5.74, 6) is 0.340. The molecular weight excluding hydrogens is 338 g/mol. The number of hydrogen-bond acceptors (Lipinski definition) is 6. The van der Waals surface area contributed by atoms with Gasteiger partial charge in [-0.15, -0.1) is 0 Å². The van der Waals surface area contributed by atoms with Gasteiger partial charge in [0, 0.05) is 26.1 Å². The van der Waals surface area contributed by atoms with Crippen molar-refractivity contribution < 1.29 is 28.5 Å². The van der Waals surface area contributed by atoms with Crippen molar-refractivity contribution in [2.45, 2.75) is 33.0 Å². The lowest BCUT2D eigenvalue weighted by Gasteiger charge is -2.34. The minimum absolute atomic E-state index is 0.0132. The monoisotopic (exact) mass is 363 g/mol. The Labute approximate surface area is 153 Å². The summed E-state index contributed by atoms with van der Waals surface area (Å²) < 4.78 is 21.4. The standard InChI is InChI=1S/C19H25NO6/c1-12-10-20(11-13(2)25-12)18(22)7-6-15-8-16(23-4)19(26-14(3)21)17(9-15)24-5/h6-9,12-13H,10-11H2,1-5H3/b7-6+. The highest BCUT2D eigenvalue weighted by molar-refractivity contribution is 5.92. The van der Waals surface area contributed by atoms with Crippen molar-refractivity contribution in [1.29, 1.82) is 0 Å². The van der Waals surface area contributed by atoms with Gasteiger partial charge in [-0.05, 0) is 37.6 Å². The molecule has 0 N–H and O–H groups in total. The smallest absolute Gasteiger partial charge is 0.308 e. The number of carbonyl (C=O) groups is 2. The molecular formula is C19H25NO6. The zero-order valence-electron chi connectivity index (χ0n) is 15.8. The molecule has 2 rings (SSSR count). The van der Waals surface area contributed by atoms with Crippen molar-refractivity contribution in [3.05, 3.63) is 23.8 Å². The van der Waals surface area contributed by atoms with Gasteiger partial charge in [0.15, 0.2) is 11.5 Å². The lowest BCUT2D eigenvalue weighted by molar-refractivity contribution is -0.138. The van der Waals surface area contributed by atoms with Gasteiger partial charge in [-0.1, -0.05) is 0 Å². The maximum Gasteiger partial charge on any atom is 0.308 e. The maximum absolute atomic E-state index is 12.4. The van der Waals surface area contributed by atoms with Gasteiger partial charge in [-0.2, -0.15) is 0 Å². The summed E-state index contributed by atoms with van der Waals surface area (Å²) in [7, 11) is 2.94. The van der Waals surface area contributed by atoms with Gasteiger partial charge < -0.3 is 23.8 Å². The average Bonchev–Trinajstić information content (AvgIpc) is 2.58. The summed E-state index contributed by atoms with van der Waals surface area (Å²) in [4.78, 5) is 25.5. The van der Waals surface area contributed by atoms with Crippen molar-refractivity contribution in [3.8, 4) is 17.2 Å². The third kappa shape index (κ3) is 4.98. The van der Waals surface area contributed by atoms with Crippen LogP contribution in [0.25, 0.3) is 6.08 Å². The average molecular weight is 363 g/mol. The second kappa shape index (κ2) is 8.71. The van der Waals surface area contributed by atoms with E-state index in [0.717, 1.165) is 0 Å². The molecule has 0 spiro atoms. The maximum atomic E-state index is 12.4. The van der Waals surface area contributed by atoms with E-state index in [2.05, 4.69) is 0 Å². The van der Waals surface area contributed by atoms with Crippen molar-refractivity contribution >= 4 is 18.0 Å². The fourth-order valence-corrected chi connectivity index (χ4v) is 2.87. The highest BCUT2D eigenvalue weighted by Crippen LogP contribution is 2.39. The van der Waals surface area contributed by atoms with E-state index in [1.54, 1.807) is 23.1 Å². The van der Waals surface area contributed by atoms with Crippen LogP contribution in [-0.2, 0) is 14.3 Å². The molecule has 0 aliphatic carbocycles. The summed E-state index contributed by atoms with van der Waals surface area (Å²) in [6.07, 6.45) is 3.21. The van der Waals surface area contributed by atoms with Gasteiger partial charge in [0.05, 0.1) is 26.4 Å². The number of hydrogen-bond donors (Lipinski definition) is 0. The summed E-state index contributed by atoms with van der Waals surface area (Å²) in [6, 6.07) is 3.35. The molecule has 1 aromatic carbocycles. The molecule has 0 aromatic heterocycles. The highest BCUT2D eigenvalue weighted by atomic mass is 16.6. The lowest BCUT2D eigenvalue weighted by atomic mass is 10.1. The van der Waals surface area contributed by atoms with Crippen LogP contribution in [0.4, 0.5) is 0 Å². The SMILES string of the molecule is COc1cc(/C=C/C(=O)N2CC(C)OC(C)C2)cc(OC)c1OC(C)=O. The lowest BCUT2D eigenvalue weighted by Crippen LogP contribution is -2.47. The van der Waals surface area contributed by atoms with Gasteiger partial charge in [0.2, 0.25) is 11.7 Å². The molecule has 1 saturated heterocycles. The number of benzene rings is 1. The van der Waals surface area contributed by atoms with Gasteiger partial charge in [0.25, 0.3) is 0 Å². The molecule has 26 heavy (non-hydrogen) atoms. The van der Waals surface area contributed by atoms with Crippen LogP contribution < -0.4 is 14.2 Å². The van der Waals surface area contributed by atoms with Crippen molar-refractivity contribution in [2.24, 2.45) is 0 Å². The molecule has 1 heterocycles. The molecule has 142 valence electrons. The quantitative estimate of drug-likeness (QED) is 0.454. The second-order valence-corrected chi connectivity index (χ2v) is 6.18. The fourth-order valence-electron chi connectivity index (χ4n) is 2.87. The number of esters is 1. The van der Waals surface area contributed by atoms with Crippen LogP contribution >= 0.6 is 0 Å². The first-order valence-electron chi connectivity index (χ1n) is 8.41. The summed E-state index contributed by atoms with van der Waals surface area (Å²) in [5.41, 5.74) is 0.692. The van der Waals surface area contributed by atoms with Crippen molar-refractivity contribution in [3.63, 3.8) is 0 Å². The molecule has 0 radical (unpaired) electrons. The van der Waals surface area contributed by atoms with E-state index >= 15 is 0 Å². The summed E-state index contributed by atoms with van der Waals surface area (Å²) in [6.45, 7) is 6.32. The summed E-state index contributed by atoms with van der Waals surface area (Å²) >= 11 is 0. The normalized spacial score (nSPS) is 20.1. The number of morpholine rings is 1. The Morgan fingerprint density at radius 1 is 1.12 bits per heavy atom. The van der Waals surface area contributed by atoms with Gasteiger partial charge >= 0.3 is 5.97 Å². The van der Waals surface area contributed by atoms with E-state index in [9.17, 15) is 9.59 Å². The molecule has 0 bridgehead atoms. The molecule has 7 heteroatoms. The van der Waals surface area contributed by atoms with Crippen molar-refractivity contribution in [2.75, 3.05) is 27.3 Å². The molecule has 7 nitrogen and oxygen atoms in total. The Hall–Kier alpha value is -2.54. The number of carbonyl (C=O) groups excluding carboxylic acids is 2. The van der Waals surface area contributed by atoms with Crippen LogP contribution in [0.1, 0.15) is 26.3 Å². The second-order valence-electron chi connectivity index (χ2n) is 6.18. The minimum atomic E-state index is -0.476. The number of amides is 1. The Morgan fingerprint density at radius 3 is 2.12 bits per heavy atom. The Morgan fingerprint density at radius 2 is 1.65 bits per heavy atom. The number of ether oxygens (including phenoxy) is 4. The number of nitrogens with zero attached hydrogens (tertiary/aromatic N) is 1. The zero-order valence-corrected chi connectivity index (χ0v) is 15.8. The molecule has 2 atom stereocenters. The first kappa shape index (κ1) is 19.8. The van der Waals surface area contributed by atoms with Crippen LogP contribution in [-0.4, -0.2) is 56.3 Å². The van der Waals surface area contributed by atoms with Crippen LogP contribution in [0.3, 0.4) is 0 Å². The fraction of sp³-hybridized carbons (Fsp3) is 0.474. The first-order chi connectivity index (χ1) is 12.3. The van der Waals surface area contributed by atoms with Crippen LogP contribution in [0.15, 0.2) is 18.2 Å². The van der Waals surface area contributed by atoms with E-state index in [0.29, 0.717) is 30.2 Å². The zero-order chi connectivity index (χ0) is 19.3. The third-order valence-corrected chi connectivity index (χ3v) is 3.88. The predicted molar refractivity (Wildman–Crippen MR) is 96.5 cm³/mol. The van der Waals surface area contributed by atoms with Gasteiger partial charge in [0.1, 0.15) is 0 Å². The van der Waals surface area contributed by atoms with Crippen LogP contribution in [0, 0.1) is 0 Å². The molecule has 1 fully saturated rings. The Bertz CT molecular complexity index is 664. The van der Waals surface area contributed by atoms with E-state index in [-0.39, 0.29) is 23.9 Å². The third-order valence-electron chi connectivity index (χ3n) is 3.88. The minimum Gasteiger partial charge on any atom is -0.493 e. The highest BCUT2D eigenvalue weighted by Gasteiger charge is 2.24. The van der Waals surface area contributed by atoms with Crippen molar-refractivity contribution in [1.82, 2.24) is 4.90 Å². The van der Waals surface area contributed by atoms with E-state index < -0.39 is 5.97 Å². The Balaban J connectivity index is 2.21. The summed E-state index contributed by atoms with van der Waals surface area (Å²) in [5, 5.41) is 0. The van der Waals surface area contributed by atoms with Gasteiger partial charge in [-0.25, -0.2) is 0 Å². The Kier molecular flexibility index (Phi) is 6.63. The van der Waals surface area contributed by atoms with Crippen LogP contribution in [0.2, 0.25) is 0 Å². The van der Waals surface area contributed by atoms with E-state index in [4.69, 9.17) is 18.9 Å². The topological polar surface area (TPSA) is 74.3 Å². The van der Waals surface area contributed by atoms with Gasteiger partial charge in [-0.3, -0.25) is 9.59 Å². The molecule has 2 unspecified atom stereocenters. The first-order valence-corrected chi connectivity index (χ1v) is 8.41. The molecule has 1 amide bonds. The van der Waals surface area contributed by atoms with Crippen LogP contribution in [0.5, 0.6) is 17.2 Å². The molecule has 0 saturated carbocycles. The number of rotatable bonds is 5. The predicted octanol–water partition coefficient (Wildman–Crippen LogP) is 2.28. The molecule has 1 aromatic rings. The molecule has 1 aliphatic heterocycles. The molecule has 1 aliphatic rings.